The maximum atomic E-state index is 14.0. The highest BCUT2D eigenvalue weighted by Crippen LogP contribution is 2.58. The average molecular weight is 550 g/mol. The van der Waals surface area contributed by atoms with Crippen molar-refractivity contribution in [3.63, 3.8) is 0 Å². The van der Waals surface area contributed by atoms with E-state index >= 15 is 0 Å². The van der Waals surface area contributed by atoms with Gasteiger partial charge in [0.1, 0.15) is 17.4 Å². The smallest absolute Gasteiger partial charge is 0.250 e. The zero-order valence-corrected chi connectivity index (χ0v) is 23.4. The van der Waals surface area contributed by atoms with Crippen molar-refractivity contribution < 1.29 is 29.0 Å². The van der Waals surface area contributed by atoms with E-state index in [2.05, 4.69) is 10.6 Å². The highest BCUT2D eigenvalue weighted by Gasteiger charge is 2.74. The summed E-state index contributed by atoms with van der Waals surface area (Å²) in [5.41, 5.74) is 2.21. The van der Waals surface area contributed by atoms with Crippen LogP contribution in [0.4, 0.5) is 11.4 Å². The summed E-state index contributed by atoms with van der Waals surface area (Å²) >= 11 is 0. The van der Waals surface area contributed by atoms with E-state index in [4.69, 9.17) is 9.47 Å². The van der Waals surface area contributed by atoms with Crippen molar-refractivity contribution in [2.24, 2.45) is 11.8 Å². The quantitative estimate of drug-likeness (QED) is 0.367. The highest BCUT2D eigenvalue weighted by atomic mass is 16.5. The number of amides is 3. The van der Waals surface area contributed by atoms with Crippen molar-refractivity contribution in [2.75, 3.05) is 30.4 Å². The number of nitrogens with zero attached hydrogens (tertiary/aromatic N) is 1. The van der Waals surface area contributed by atoms with Gasteiger partial charge in [-0.1, -0.05) is 12.1 Å². The van der Waals surface area contributed by atoms with Crippen LogP contribution in [0.15, 0.2) is 42.5 Å². The number of aliphatic hydroxyl groups is 1. The lowest BCUT2D eigenvalue weighted by atomic mass is 9.70. The molecule has 5 atom stereocenters. The SMILES string of the molecule is CCOc1ccc(NC(=O)[C@@H]2[C@@H]3CCC4(O3)C(C(=O)Nc3cc(C)ccc3C)N(CCCCCO)C(=O)[C@H]24)cc1. The summed E-state index contributed by atoms with van der Waals surface area (Å²) in [4.78, 5) is 43.3. The molecule has 2 aromatic carbocycles. The number of hydrogen-bond acceptors (Lipinski definition) is 6. The van der Waals surface area contributed by atoms with Crippen LogP contribution in [-0.2, 0) is 19.1 Å². The molecule has 9 nitrogen and oxygen atoms in total. The molecule has 3 fully saturated rings. The minimum Gasteiger partial charge on any atom is -0.494 e. The number of likely N-dealkylation sites (tertiary alicyclic amines) is 1. The van der Waals surface area contributed by atoms with Gasteiger partial charge in [-0.3, -0.25) is 14.4 Å². The van der Waals surface area contributed by atoms with Gasteiger partial charge in [0.25, 0.3) is 0 Å². The monoisotopic (exact) mass is 549 g/mol. The second-order valence-electron chi connectivity index (χ2n) is 11.1. The first-order chi connectivity index (χ1) is 19.3. The van der Waals surface area contributed by atoms with Crippen LogP contribution in [0.5, 0.6) is 5.75 Å². The molecular weight excluding hydrogens is 510 g/mol. The third kappa shape index (κ3) is 5.08. The van der Waals surface area contributed by atoms with Crippen molar-refractivity contribution in [3.8, 4) is 5.75 Å². The van der Waals surface area contributed by atoms with E-state index in [-0.39, 0.29) is 24.3 Å². The Morgan fingerprint density at radius 2 is 1.85 bits per heavy atom. The number of rotatable bonds is 11. The fourth-order valence-corrected chi connectivity index (χ4v) is 6.66. The molecule has 3 N–H and O–H groups in total. The molecule has 2 aromatic rings. The zero-order chi connectivity index (χ0) is 28.4. The lowest BCUT2D eigenvalue weighted by molar-refractivity contribution is -0.139. The summed E-state index contributed by atoms with van der Waals surface area (Å²) in [5, 5.41) is 15.3. The number of fused-ring (bicyclic) bond motifs is 1. The first-order valence-electron chi connectivity index (χ1n) is 14.3. The van der Waals surface area contributed by atoms with Crippen LogP contribution in [-0.4, -0.2) is 65.2 Å². The summed E-state index contributed by atoms with van der Waals surface area (Å²) < 4.78 is 12.0. The Morgan fingerprint density at radius 3 is 2.58 bits per heavy atom. The van der Waals surface area contributed by atoms with Gasteiger partial charge >= 0.3 is 0 Å². The second-order valence-corrected chi connectivity index (χ2v) is 11.1. The molecule has 5 rings (SSSR count). The first kappa shape index (κ1) is 28.1. The van der Waals surface area contributed by atoms with Gasteiger partial charge < -0.3 is 30.1 Å². The van der Waals surface area contributed by atoms with Gasteiger partial charge in [-0.2, -0.15) is 0 Å². The molecule has 3 aliphatic heterocycles. The number of hydrogen-bond donors (Lipinski definition) is 3. The van der Waals surface area contributed by atoms with Crippen molar-refractivity contribution >= 4 is 29.1 Å². The van der Waals surface area contributed by atoms with Crippen molar-refractivity contribution in [1.29, 1.82) is 0 Å². The van der Waals surface area contributed by atoms with E-state index in [9.17, 15) is 19.5 Å². The summed E-state index contributed by atoms with van der Waals surface area (Å²) in [6.45, 7) is 6.80. The van der Waals surface area contributed by atoms with Gasteiger partial charge in [-0.25, -0.2) is 0 Å². The number of aryl methyl sites for hydroxylation is 2. The van der Waals surface area contributed by atoms with E-state index in [1.54, 1.807) is 29.2 Å². The maximum absolute atomic E-state index is 14.0. The number of benzene rings is 2. The predicted molar refractivity (Wildman–Crippen MR) is 151 cm³/mol. The minimum atomic E-state index is -1.05. The van der Waals surface area contributed by atoms with Crippen LogP contribution in [0.1, 0.15) is 50.2 Å². The van der Waals surface area contributed by atoms with Crippen LogP contribution in [0.3, 0.4) is 0 Å². The topological polar surface area (TPSA) is 117 Å². The molecule has 3 saturated heterocycles. The lowest BCUT2D eigenvalue weighted by Gasteiger charge is -2.33. The van der Waals surface area contributed by atoms with E-state index in [0.29, 0.717) is 56.0 Å². The molecule has 3 amide bonds. The largest absolute Gasteiger partial charge is 0.494 e. The molecule has 0 saturated carbocycles. The third-order valence-corrected chi connectivity index (χ3v) is 8.49. The minimum absolute atomic E-state index is 0.0790. The van der Waals surface area contributed by atoms with E-state index in [1.165, 1.54) is 0 Å². The average Bonchev–Trinajstić information content (AvgIpc) is 3.57. The molecule has 0 aromatic heterocycles. The zero-order valence-electron chi connectivity index (χ0n) is 23.4. The number of ether oxygens (including phenoxy) is 2. The van der Waals surface area contributed by atoms with Gasteiger partial charge in [-0.05, 0) is 94.3 Å². The summed E-state index contributed by atoms with van der Waals surface area (Å²) in [6, 6.07) is 12.2. The molecule has 0 radical (unpaired) electrons. The van der Waals surface area contributed by atoms with E-state index in [0.717, 1.165) is 17.5 Å². The number of carbonyl (C=O) groups is 3. The molecule has 9 heteroatoms. The molecular formula is C31H39N3O6. The number of anilines is 2. The first-order valence-corrected chi connectivity index (χ1v) is 14.3. The maximum Gasteiger partial charge on any atom is 0.250 e. The van der Waals surface area contributed by atoms with Crippen LogP contribution in [0.2, 0.25) is 0 Å². The Balaban J connectivity index is 1.41. The van der Waals surface area contributed by atoms with Crippen molar-refractivity contribution in [2.45, 2.75) is 70.6 Å². The highest BCUT2D eigenvalue weighted by molar-refractivity contribution is 6.05. The van der Waals surface area contributed by atoms with Gasteiger partial charge in [0.2, 0.25) is 17.7 Å². The van der Waals surface area contributed by atoms with Gasteiger partial charge in [0.15, 0.2) is 0 Å². The van der Waals surface area contributed by atoms with Crippen molar-refractivity contribution in [1.82, 2.24) is 4.90 Å². The van der Waals surface area contributed by atoms with E-state index in [1.807, 2.05) is 39.0 Å². The van der Waals surface area contributed by atoms with E-state index < -0.39 is 29.6 Å². The van der Waals surface area contributed by atoms with Crippen LogP contribution < -0.4 is 15.4 Å². The summed E-state index contributed by atoms with van der Waals surface area (Å²) in [6.07, 6.45) is 2.73. The van der Waals surface area contributed by atoms with Crippen molar-refractivity contribution in [3.05, 3.63) is 53.6 Å². The Bertz CT molecular complexity index is 1260. The Hall–Kier alpha value is -3.43. The summed E-state index contributed by atoms with van der Waals surface area (Å²) in [7, 11) is 0. The number of carbonyl (C=O) groups excluding carboxylic acids is 3. The Labute approximate surface area is 235 Å². The fourth-order valence-electron chi connectivity index (χ4n) is 6.66. The Morgan fingerprint density at radius 1 is 1.07 bits per heavy atom. The molecule has 1 spiro atoms. The van der Waals surface area contributed by atoms with Crippen LogP contribution in [0.25, 0.3) is 0 Å². The number of aliphatic hydroxyl groups excluding tert-OH is 1. The Kier molecular flexibility index (Phi) is 8.14. The predicted octanol–water partition coefficient (Wildman–Crippen LogP) is 3.82. The number of nitrogens with one attached hydrogen (secondary N) is 2. The molecule has 2 unspecified atom stereocenters. The van der Waals surface area contributed by atoms with Gasteiger partial charge in [-0.15, -0.1) is 0 Å². The molecule has 3 heterocycles. The molecule has 0 aliphatic carbocycles. The van der Waals surface area contributed by atoms with Gasteiger partial charge in [0, 0.05) is 24.5 Å². The molecule has 2 bridgehead atoms. The van der Waals surface area contributed by atoms with Gasteiger partial charge in [0.05, 0.1) is 24.5 Å². The van der Waals surface area contributed by atoms with Crippen LogP contribution >= 0.6 is 0 Å². The lowest BCUT2D eigenvalue weighted by Crippen LogP contribution is -2.53. The third-order valence-electron chi connectivity index (χ3n) is 8.49. The fraction of sp³-hybridized carbons (Fsp3) is 0.516. The normalized spacial score (nSPS) is 26.6. The summed E-state index contributed by atoms with van der Waals surface area (Å²) in [5.74, 6) is -1.49. The second kappa shape index (κ2) is 11.6. The van der Waals surface area contributed by atoms with Crippen LogP contribution in [0, 0.1) is 25.7 Å². The molecule has 214 valence electrons. The molecule has 40 heavy (non-hydrogen) atoms. The molecule has 3 aliphatic rings. The standard InChI is InChI=1S/C31H39N3O6/c1-4-39-22-12-10-21(11-13-22)32-28(36)25-24-14-15-31(40-24)26(25)30(38)34(16-6-5-7-17-35)27(31)29(37)33-23-18-19(2)8-9-20(23)3/h8-13,18,24-27,35H,4-7,14-17H2,1-3H3,(H,32,36)(H,33,37)/t24-,25+,26-,27?,31?/m0/s1. The number of unbranched alkanes of at least 4 members (excludes halogenated alkanes) is 2.